The number of aromatic nitrogens is 2. The van der Waals surface area contributed by atoms with Crippen LogP contribution in [0.3, 0.4) is 0 Å². The van der Waals surface area contributed by atoms with Crippen molar-refractivity contribution in [3.63, 3.8) is 0 Å². The van der Waals surface area contributed by atoms with E-state index in [1.807, 2.05) is 33.3 Å². The van der Waals surface area contributed by atoms with E-state index in [9.17, 15) is 8.42 Å². The number of morpholine rings is 1. The Bertz CT molecular complexity index is 943. The molecule has 1 aliphatic heterocycles. The zero-order valence-corrected chi connectivity index (χ0v) is 21.3. The van der Waals surface area contributed by atoms with Gasteiger partial charge in [0.25, 0.3) is 0 Å². The molecule has 9 nitrogen and oxygen atoms in total. The molecular weight excluding hydrogens is 539 g/mol. The first-order chi connectivity index (χ1) is 13.9. The van der Waals surface area contributed by atoms with Crippen molar-refractivity contribution >= 4 is 51.3 Å². The first kappa shape index (κ1) is 25.0. The number of aryl methyl sites for hydroxylation is 2. The smallest absolute Gasteiger partial charge is 0.250 e. The number of nitrogens with one attached hydrogen (secondary N) is 2. The lowest BCUT2D eigenvalue weighted by Gasteiger charge is -2.34. The zero-order chi connectivity index (χ0) is 20.9. The highest BCUT2D eigenvalue weighted by molar-refractivity contribution is 14.0. The third-order valence-corrected chi connectivity index (χ3v) is 7.40. The van der Waals surface area contributed by atoms with Crippen LogP contribution in [0.25, 0.3) is 0 Å². The summed E-state index contributed by atoms with van der Waals surface area (Å²) in [6.45, 7) is 7.20. The molecule has 2 N–H and O–H groups in total. The summed E-state index contributed by atoms with van der Waals surface area (Å²) in [6, 6.07) is 3.43. The van der Waals surface area contributed by atoms with Gasteiger partial charge < -0.3 is 15.0 Å². The summed E-state index contributed by atoms with van der Waals surface area (Å²) in [6.07, 6.45) is 3.71. The van der Waals surface area contributed by atoms with Crippen LogP contribution in [0.5, 0.6) is 0 Å². The lowest BCUT2D eigenvalue weighted by Crippen LogP contribution is -2.48. The maximum atomic E-state index is 12.3. The van der Waals surface area contributed by atoms with E-state index in [-0.39, 0.29) is 36.6 Å². The second kappa shape index (κ2) is 11.4. The third-order valence-electron chi connectivity index (χ3n) is 4.44. The minimum atomic E-state index is -3.48. The summed E-state index contributed by atoms with van der Waals surface area (Å²) in [5.41, 5.74) is 1.03. The summed E-state index contributed by atoms with van der Waals surface area (Å²) < 4.78 is 35.2. The average molecular weight is 569 g/mol. The predicted octanol–water partition coefficient (Wildman–Crippen LogP) is 1.73. The highest BCUT2D eigenvalue weighted by atomic mass is 127. The highest BCUT2D eigenvalue weighted by Crippen LogP contribution is 2.22. The van der Waals surface area contributed by atoms with Crippen molar-refractivity contribution in [1.29, 1.82) is 0 Å². The van der Waals surface area contributed by atoms with Crippen LogP contribution < -0.4 is 10.0 Å². The Labute approximate surface area is 199 Å². The van der Waals surface area contributed by atoms with Crippen LogP contribution >= 0.6 is 35.3 Å². The molecule has 168 valence electrons. The summed E-state index contributed by atoms with van der Waals surface area (Å²) in [5.74, 6) is 0.760. The average Bonchev–Trinajstić information content (AvgIpc) is 3.33. The van der Waals surface area contributed by atoms with Gasteiger partial charge in [0.05, 0.1) is 25.9 Å². The number of rotatable bonds is 7. The molecule has 0 bridgehead atoms. The fourth-order valence-corrected chi connectivity index (χ4v) is 5.39. The molecule has 2 aromatic heterocycles. The van der Waals surface area contributed by atoms with Crippen molar-refractivity contribution in [3.8, 4) is 0 Å². The standard InChI is InChI=1S/C18H28N6O3S2.HI/c1-4-19-18(20-7-8-22-29(25,26)17-6-5-14(2)28-17)24-9-10-27-16(13-24)15-11-21-23(3)12-15;/h5-6,11-12,16,22H,4,7-10,13H2,1-3H3,(H,19,20);1H. The molecule has 0 aliphatic carbocycles. The Morgan fingerprint density at radius 3 is 2.87 bits per heavy atom. The van der Waals surface area contributed by atoms with Crippen molar-refractivity contribution in [2.45, 2.75) is 24.2 Å². The number of aliphatic imine (C=N–C) groups is 1. The van der Waals surface area contributed by atoms with E-state index in [1.165, 1.54) is 11.3 Å². The molecule has 0 radical (unpaired) electrons. The number of nitrogens with zero attached hydrogens (tertiary/aromatic N) is 4. The van der Waals surface area contributed by atoms with Crippen molar-refractivity contribution in [2.75, 3.05) is 39.3 Å². The van der Waals surface area contributed by atoms with Crippen molar-refractivity contribution < 1.29 is 13.2 Å². The van der Waals surface area contributed by atoms with Crippen LogP contribution in [0.2, 0.25) is 0 Å². The largest absolute Gasteiger partial charge is 0.370 e. The van der Waals surface area contributed by atoms with E-state index < -0.39 is 10.0 Å². The van der Waals surface area contributed by atoms with E-state index in [0.29, 0.717) is 23.9 Å². The van der Waals surface area contributed by atoms with Gasteiger partial charge >= 0.3 is 0 Å². The Morgan fingerprint density at radius 1 is 1.43 bits per heavy atom. The Morgan fingerprint density at radius 2 is 2.23 bits per heavy atom. The molecule has 1 saturated heterocycles. The normalized spacial score (nSPS) is 17.6. The predicted molar refractivity (Wildman–Crippen MR) is 129 cm³/mol. The fraction of sp³-hybridized carbons (Fsp3) is 0.556. The SMILES string of the molecule is CCNC(=NCCNS(=O)(=O)c1ccc(C)s1)N1CCOC(c2cnn(C)c2)C1.I. The van der Waals surface area contributed by atoms with Gasteiger partial charge in [-0.25, -0.2) is 13.1 Å². The number of hydrogen-bond acceptors (Lipinski definition) is 6. The zero-order valence-electron chi connectivity index (χ0n) is 17.4. The van der Waals surface area contributed by atoms with Gasteiger partial charge in [-0.3, -0.25) is 9.67 Å². The Kier molecular flexibility index (Phi) is 9.53. The van der Waals surface area contributed by atoms with Gasteiger partial charge in [0, 0.05) is 43.3 Å². The van der Waals surface area contributed by atoms with Crippen molar-refractivity contribution in [2.24, 2.45) is 12.0 Å². The molecule has 0 spiro atoms. The maximum absolute atomic E-state index is 12.3. The molecule has 1 fully saturated rings. The van der Waals surface area contributed by atoms with Crippen LogP contribution in [-0.4, -0.2) is 68.4 Å². The van der Waals surface area contributed by atoms with Gasteiger partial charge in [0.1, 0.15) is 10.3 Å². The number of sulfonamides is 1. The number of ether oxygens (including phenoxy) is 1. The van der Waals surface area contributed by atoms with E-state index in [2.05, 4.69) is 25.0 Å². The van der Waals surface area contributed by atoms with E-state index >= 15 is 0 Å². The minimum Gasteiger partial charge on any atom is -0.370 e. The van der Waals surface area contributed by atoms with Gasteiger partial charge in [0.2, 0.25) is 10.0 Å². The molecule has 30 heavy (non-hydrogen) atoms. The molecule has 3 heterocycles. The molecule has 0 amide bonds. The Hall–Kier alpha value is -1.22. The number of thiophene rings is 1. The van der Waals surface area contributed by atoms with Crippen LogP contribution in [0.4, 0.5) is 0 Å². The van der Waals surface area contributed by atoms with Crippen LogP contribution in [0, 0.1) is 6.92 Å². The quantitative estimate of drug-likeness (QED) is 0.229. The van der Waals surface area contributed by atoms with Crippen LogP contribution in [0.15, 0.2) is 33.7 Å². The number of halogens is 1. The molecule has 2 aromatic rings. The summed E-state index contributed by atoms with van der Waals surface area (Å²) in [5, 5.41) is 7.50. The van der Waals surface area contributed by atoms with Crippen molar-refractivity contribution in [3.05, 3.63) is 35.0 Å². The topological polar surface area (TPSA) is 101 Å². The van der Waals surface area contributed by atoms with E-state index in [0.717, 1.165) is 29.5 Å². The molecule has 0 aromatic carbocycles. The van der Waals surface area contributed by atoms with Gasteiger partial charge in [-0.15, -0.1) is 35.3 Å². The summed E-state index contributed by atoms with van der Waals surface area (Å²) >= 11 is 1.26. The van der Waals surface area contributed by atoms with E-state index in [4.69, 9.17) is 4.74 Å². The summed E-state index contributed by atoms with van der Waals surface area (Å²) in [4.78, 5) is 7.71. The van der Waals surface area contributed by atoms with E-state index in [1.54, 1.807) is 16.8 Å². The van der Waals surface area contributed by atoms with Crippen LogP contribution in [-0.2, 0) is 21.8 Å². The number of hydrogen-bond donors (Lipinski definition) is 2. The molecule has 1 aliphatic rings. The van der Waals surface area contributed by atoms with Crippen molar-refractivity contribution in [1.82, 2.24) is 24.7 Å². The van der Waals surface area contributed by atoms with Gasteiger partial charge in [0.15, 0.2) is 5.96 Å². The first-order valence-corrected chi connectivity index (χ1v) is 11.9. The second-order valence-corrected chi connectivity index (χ2v) is 10.0. The third kappa shape index (κ3) is 6.64. The van der Waals surface area contributed by atoms with Gasteiger partial charge in [-0.1, -0.05) is 0 Å². The Balaban J connectivity index is 0.00000320. The highest BCUT2D eigenvalue weighted by Gasteiger charge is 2.25. The van der Waals surface area contributed by atoms with Gasteiger partial charge in [-0.05, 0) is 26.0 Å². The first-order valence-electron chi connectivity index (χ1n) is 9.58. The lowest BCUT2D eigenvalue weighted by molar-refractivity contribution is -0.00803. The molecule has 3 rings (SSSR count). The molecular formula is C18H29IN6O3S2. The summed E-state index contributed by atoms with van der Waals surface area (Å²) in [7, 11) is -1.60. The lowest BCUT2D eigenvalue weighted by atomic mass is 10.1. The second-order valence-electron chi connectivity index (χ2n) is 6.75. The molecule has 12 heteroatoms. The fourth-order valence-electron chi connectivity index (χ4n) is 3.05. The number of guanidine groups is 1. The van der Waals surface area contributed by atoms with Crippen LogP contribution in [0.1, 0.15) is 23.5 Å². The molecule has 0 saturated carbocycles. The van der Waals surface area contributed by atoms with Gasteiger partial charge in [-0.2, -0.15) is 5.10 Å². The maximum Gasteiger partial charge on any atom is 0.250 e. The molecule has 1 unspecified atom stereocenters. The monoisotopic (exact) mass is 568 g/mol. The minimum absolute atomic E-state index is 0. The molecule has 1 atom stereocenters.